The van der Waals surface area contributed by atoms with Crippen LogP contribution in [0.3, 0.4) is 0 Å². The molecule has 0 aromatic heterocycles. The predicted molar refractivity (Wildman–Crippen MR) is 84.8 cm³/mol. The first-order valence-corrected chi connectivity index (χ1v) is 6.52. The summed E-state index contributed by atoms with van der Waals surface area (Å²) >= 11 is 0. The van der Waals surface area contributed by atoms with E-state index in [1.165, 1.54) is 22.3 Å². The molecular weight excluding hydrogens is 232 g/mol. The number of aryl methyl sites for hydroxylation is 2. The molecule has 2 rings (SSSR count). The zero-order valence-corrected chi connectivity index (χ0v) is 11.5. The molecule has 0 bridgehead atoms. The molecule has 0 aliphatic rings. The van der Waals surface area contributed by atoms with E-state index in [0.29, 0.717) is 0 Å². The van der Waals surface area contributed by atoms with Gasteiger partial charge in [0.15, 0.2) is 0 Å². The van der Waals surface area contributed by atoms with Crippen molar-refractivity contribution in [1.82, 2.24) is 0 Å². The monoisotopic (exact) mass is 252 g/mol. The van der Waals surface area contributed by atoms with Crippen LogP contribution in [0.2, 0.25) is 0 Å². The minimum absolute atomic E-state index is 0.802. The molecule has 4 N–H and O–H groups in total. The van der Waals surface area contributed by atoms with Gasteiger partial charge in [-0.1, -0.05) is 31.2 Å². The molecule has 0 heterocycles. The highest BCUT2D eigenvalue weighted by atomic mass is 14.5. The van der Waals surface area contributed by atoms with Crippen molar-refractivity contribution in [3.63, 3.8) is 0 Å². The van der Waals surface area contributed by atoms with Gasteiger partial charge in [0.2, 0.25) is 0 Å². The summed E-state index contributed by atoms with van der Waals surface area (Å²) in [5.41, 5.74) is 18.0. The third kappa shape index (κ3) is 3.16. The van der Waals surface area contributed by atoms with Crippen LogP contribution < -0.4 is 11.5 Å². The van der Waals surface area contributed by atoms with E-state index in [4.69, 9.17) is 11.5 Å². The van der Waals surface area contributed by atoms with Crippen molar-refractivity contribution in [2.24, 2.45) is 0 Å². The van der Waals surface area contributed by atoms with Gasteiger partial charge in [0.05, 0.1) is 0 Å². The number of anilines is 2. The minimum atomic E-state index is 0.802. The molecule has 0 saturated carbocycles. The molecule has 0 aliphatic carbocycles. The maximum atomic E-state index is 5.81. The summed E-state index contributed by atoms with van der Waals surface area (Å²) in [6.07, 6.45) is 5.24. The maximum absolute atomic E-state index is 5.81. The van der Waals surface area contributed by atoms with E-state index in [-0.39, 0.29) is 0 Å². The van der Waals surface area contributed by atoms with E-state index in [1.54, 1.807) is 0 Å². The summed E-state index contributed by atoms with van der Waals surface area (Å²) in [5.74, 6) is 0. The third-order valence-corrected chi connectivity index (χ3v) is 3.28. The van der Waals surface area contributed by atoms with Crippen LogP contribution in [0.4, 0.5) is 11.4 Å². The largest absolute Gasteiger partial charge is 0.399 e. The SMILES string of the molecule is CCc1cc(N)ccc1C=Cc1ccc(N)cc1C. The molecule has 2 aromatic carbocycles. The van der Waals surface area contributed by atoms with E-state index in [0.717, 1.165) is 17.8 Å². The molecule has 0 unspecified atom stereocenters. The van der Waals surface area contributed by atoms with Gasteiger partial charge in [-0.25, -0.2) is 0 Å². The molecule has 0 amide bonds. The first kappa shape index (κ1) is 13.2. The van der Waals surface area contributed by atoms with Crippen LogP contribution in [0.1, 0.15) is 29.2 Å². The lowest BCUT2D eigenvalue weighted by Crippen LogP contribution is -1.91. The molecule has 0 spiro atoms. The maximum Gasteiger partial charge on any atom is 0.0317 e. The summed E-state index contributed by atoms with van der Waals surface area (Å²) in [5, 5.41) is 0. The van der Waals surface area contributed by atoms with Crippen molar-refractivity contribution in [2.45, 2.75) is 20.3 Å². The molecule has 2 aromatic rings. The summed E-state index contributed by atoms with van der Waals surface area (Å²) in [6.45, 7) is 4.21. The third-order valence-electron chi connectivity index (χ3n) is 3.28. The van der Waals surface area contributed by atoms with E-state index in [1.807, 2.05) is 30.3 Å². The molecule has 0 atom stereocenters. The van der Waals surface area contributed by atoms with Crippen molar-refractivity contribution in [1.29, 1.82) is 0 Å². The lowest BCUT2D eigenvalue weighted by molar-refractivity contribution is 1.13. The second kappa shape index (κ2) is 5.61. The smallest absolute Gasteiger partial charge is 0.0317 e. The fourth-order valence-corrected chi connectivity index (χ4v) is 2.16. The lowest BCUT2D eigenvalue weighted by Gasteiger charge is -2.05. The van der Waals surface area contributed by atoms with Gasteiger partial charge in [0.1, 0.15) is 0 Å². The molecule has 0 saturated heterocycles. The first-order chi connectivity index (χ1) is 9.10. The van der Waals surface area contributed by atoms with Crippen molar-refractivity contribution in [2.75, 3.05) is 11.5 Å². The van der Waals surface area contributed by atoms with Crippen LogP contribution in [-0.4, -0.2) is 0 Å². The molecule has 19 heavy (non-hydrogen) atoms. The van der Waals surface area contributed by atoms with E-state index >= 15 is 0 Å². The Labute approximate surface area is 114 Å². The zero-order valence-electron chi connectivity index (χ0n) is 11.5. The van der Waals surface area contributed by atoms with Crippen molar-refractivity contribution < 1.29 is 0 Å². The normalized spacial score (nSPS) is 11.1. The Kier molecular flexibility index (Phi) is 3.91. The van der Waals surface area contributed by atoms with Crippen molar-refractivity contribution >= 4 is 23.5 Å². The molecule has 98 valence electrons. The summed E-state index contributed by atoms with van der Waals surface area (Å²) < 4.78 is 0. The predicted octanol–water partition coefficient (Wildman–Crippen LogP) is 3.89. The summed E-state index contributed by atoms with van der Waals surface area (Å²) in [4.78, 5) is 0. The van der Waals surface area contributed by atoms with Gasteiger partial charge in [-0.2, -0.15) is 0 Å². The summed E-state index contributed by atoms with van der Waals surface area (Å²) in [6, 6.07) is 12.0. The van der Waals surface area contributed by atoms with Crippen LogP contribution in [-0.2, 0) is 6.42 Å². The number of hydrogen-bond acceptors (Lipinski definition) is 2. The molecule has 2 nitrogen and oxygen atoms in total. The summed E-state index contributed by atoms with van der Waals surface area (Å²) in [7, 11) is 0. The first-order valence-electron chi connectivity index (χ1n) is 6.52. The van der Waals surface area contributed by atoms with E-state index in [9.17, 15) is 0 Å². The number of rotatable bonds is 3. The van der Waals surface area contributed by atoms with Gasteiger partial charge in [-0.15, -0.1) is 0 Å². The van der Waals surface area contributed by atoms with E-state index < -0.39 is 0 Å². The molecular formula is C17H20N2. The van der Waals surface area contributed by atoms with Gasteiger partial charge in [0, 0.05) is 11.4 Å². The van der Waals surface area contributed by atoms with Gasteiger partial charge in [-0.3, -0.25) is 0 Å². The zero-order chi connectivity index (χ0) is 13.8. The number of nitrogens with two attached hydrogens (primary N) is 2. The Morgan fingerprint density at radius 3 is 2.11 bits per heavy atom. The Morgan fingerprint density at radius 2 is 1.47 bits per heavy atom. The van der Waals surface area contributed by atoms with Gasteiger partial charge in [-0.05, 0) is 59.9 Å². The Morgan fingerprint density at radius 1 is 0.895 bits per heavy atom. The fourth-order valence-electron chi connectivity index (χ4n) is 2.16. The van der Waals surface area contributed by atoms with Crippen LogP contribution >= 0.6 is 0 Å². The molecule has 0 aliphatic heterocycles. The Hall–Kier alpha value is -2.22. The standard InChI is InChI=1S/C17H20N2/c1-3-13-11-17(19)9-7-15(13)5-4-14-6-8-16(18)10-12(14)2/h4-11H,3,18-19H2,1-2H3. The average Bonchev–Trinajstić information content (AvgIpc) is 2.39. The van der Waals surface area contributed by atoms with Gasteiger partial charge < -0.3 is 11.5 Å². The van der Waals surface area contributed by atoms with Crippen LogP contribution in [0.25, 0.3) is 12.2 Å². The Balaban J connectivity index is 2.32. The second-order valence-corrected chi connectivity index (χ2v) is 4.76. The number of nitrogen functional groups attached to an aromatic ring is 2. The quantitative estimate of drug-likeness (QED) is 0.643. The lowest BCUT2D eigenvalue weighted by atomic mass is 10.0. The van der Waals surface area contributed by atoms with Crippen LogP contribution in [0.15, 0.2) is 36.4 Å². The van der Waals surface area contributed by atoms with Gasteiger partial charge in [0.25, 0.3) is 0 Å². The highest BCUT2D eigenvalue weighted by Gasteiger charge is 1.99. The number of hydrogen-bond donors (Lipinski definition) is 2. The fraction of sp³-hybridized carbons (Fsp3) is 0.176. The van der Waals surface area contributed by atoms with Crippen LogP contribution in [0, 0.1) is 6.92 Å². The highest BCUT2D eigenvalue weighted by Crippen LogP contribution is 2.19. The van der Waals surface area contributed by atoms with Crippen molar-refractivity contribution in [3.05, 3.63) is 58.7 Å². The molecule has 0 radical (unpaired) electrons. The minimum Gasteiger partial charge on any atom is -0.399 e. The molecule has 2 heteroatoms. The van der Waals surface area contributed by atoms with Gasteiger partial charge >= 0.3 is 0 Å². The molecule has 0 fully saturated rings. The van der Waals surface area contributed by atoms with E-state index in [2.05, 4.69) is 32.1 Å². The van der Waals surface area contributed by atoms with Crippen molar-refractivity contribution in [3.8, 4) is 0 Å². The second-order valence-electron chi connectivity index (χ2n) is 4.76. The van der Waals surface area contributed by atoms with Crippen LogP contribution in [0.5, 0.6) is 0 Å². The number of benzene rings is 2. The highest BCUT2D eigenvalue weighted by molar-refractivity contribution is 5.74. The average molecular weight is 252 g/mol. The topological polar surface area (TPSA) is 52.0 Å². The Bertz CT molecular complexity index is 613.